The lowest BCUT2D eigenvalue weighted by atomic mass is 10.0. The maximum Gasteiger partial charge on any atom is 0.111 e. The Hall–Kier alpha value is -0.0151. The summed E-state index contributed by atoms with van der Waals surface area (Å²) in [6, 6.07) is -1.06. The molecule has 0 aromatic heterocycles. The van der Waals surface area contributed by atoms with Gasteiger partial charge in [0.2, 0.25) is 0 Å². The van der Waals surface area contributed by atoms with Gasteiger partial charge in [-0.2, -0.15) is 0 Å². The molecule has 28 valence electrons. The molecule has 3 heteroatoms. The third kappa shape index (κ3) is 3.98. The average molecular weight is 71.9 g/mol. The molecule has 0 aromatic rings. The summed E-state index contributed by atoms with van der Waals surface area (Å²) in [6.45, 7) is -0.361. The molecule has 0 amide bonds. The zero-order valence-electron chi connectivity index (χ0n) is 2.76. The quantitative estimate of drug-likeness (QED) is 0.369. The van der Waals surface area contributed by atoms with Gasteiger partial charge in [0.05, 0.1) is 6.61 Å². The highest BCUT2D eigenvalue weighted by molar-refractivity contribution is 6.10. The van der Waals surface area contributed by atoms with E-state index in [0.29, 0.717) is 0 Å². The van der Waals surface area contributed by atoms with Crippen molar-refractivity contribution in [2.45, 2.75) is 6.00 Å². The maximum absolute atomic E-state index is 7.89. The van der Waals surface area contributed by atoms with E-state index in [0.717, 1.165) is 0 Å². The van der Waals surface area contributed by atoms with Gasteiger partial charge >= 0.3 is 0 Å². The summed E-state index contributed by atoms with van der Waals surface area (Å²) >= 11 is 0. The van der Waals surface area contributed by atoms with Gasteiger partial charge in [-0.25, -0.2) is 0 Å². The monoisotopic (exact) mass is 72.0 g/mol. The van der Waals surface area contributed by atoms with Crippen LogP contribution in [0.15, 0.2) is 0 Å². The van der Waals surface area contributed by atoms with Gasteiger partial charge in [0.25, 0.3) is 0 Å². The Bertz CT molecular complexity index is 21.6. The van der Waals surface area contributed by atoms with Crippen LogP contribution >= 0.6 is 0 Å². The van der Waals surface area contributed by atoms with E-state index >= 15 is 0 Å². The SMILES string of the molecule is [B][C@@H](O)CO. The number of rotatable bonds is 1. The molecule has 2 N–H and O–H groups in total. The number of aliphatic hydroxyl groups excluding tert-OH is 2. The van der Waals surface area contributed by atoms with Crippen molar-refractivity contribution in [3.05, 3.63) is 0 Å². The van der Waals surface area contributed by atoms with Gasteiger partial charge in [-0.1, -0.05) is 0 Å². The van der Waals surface area contributed by atoms with Crippen molar-refractivity contribution in [1.82, 2.24) is 0 Å². The van der Waals surface area contributed by atoms with Crippen molar-refractivity contribution in [3.63, 3.8) is 0 Å². The molecule has 0 bridgehead atoms. The molecular formula is C2H5BO2. The first-order chi connectivity index (χ1) is 2.27. The van der Waals surface area contributed by atoms with E-state index in [1.807, 2.05) is 0 Å². The van der Waals surface area contributed by atoms with E-state index < -0.39 is 6.00 Å². The first-order valence-electron chi connectivity index (χ1n) is 1.32. The molecule has 0 fully saturated rings. The second-order valence-electron chi connectivity index (χ2n) is 0.750. The van der Waals surface area contributed by atoms with Gasteiger partial charge in [0.15, 0.2) is 0 Å². The van der Waals surface area contributed by atoms with Crippen LogP contribution in [0.4, 0.5) is 0 Å². The van der Waals surface area contributed by atoms with Gasteiger partial charge in [-0.15, -0.1) is 0 Å². The molecule has 1 atom stereocenters. The van der Waals surface area contributed by atoms with Crippen molar-refractivity contribution in [1.29, 1.82) is 0 Å². The van der Waals surface area contributed by atoms with Crippen LogP contribution in [0.3, 0.4) is 0 Å². The zero-order valence-corrected chi connectivity index (χ0v) is 2.76. The fourth-order valence-corrected chi connectivity index (χ4v) is 0. The van der Waals surface area contributed by atoms with E-state index in [4.69, 9.17) is 10.2 Å². The molecule has 2 radical (unpaired) electrons. The molecule has 0 saturated heterocycles. The molecule has 0 rings (SSSR count). The number of hydrogen-bond acceptors (Lipinski definition) is 2. The fourth-order valence-electron chi connectivity index (χ4n) is 0. The highest BCUT2D eigenvalue weighted by Gasteiger charge is 1.83. The molecule has 0 spiro atoms. The van der Waals surface area contributed by atoms with Crippen molar-refractivity contribution < 1.29 is 10.2 Å². The minimum absolute atomic E-state index is 0.361. The minimum Gasteiger partial charge on any atom is -0.401 e. The van der Waals surface area contributed by atoms with Crippen molar-refractivity contribution in [2.75, 3.05) is 6.61 Å². The summed E-state index contributed by atoms with van der Waals surface area (Å²) in [4.78, 5) is 0. The molecule has 0 unspecified atom stereocenters. The van der Waals surface area contributed by atoms with E-state index in [9.17, 15) is 0 Å². The van der Waals surface area contributed by atoms with Gasteiger partial charge in [0, 0.05) is 6.00 Å². The highest BCUT2D eigenvalue weighted by Crippen LogP contribution is 1.61. The van der Waals surface area contributed by atoms with E-state index in [-0.39, 0.29) is 6.61 Å². The van der Waals surface area contributed by atoms with Crippen molar-refractivity contribution in [3.8, 4) is 0 Å². The van der Waals surface area contributed by atoms with Crippen LogP contribution in [0.1, 0.15) is 0 Å². The summed E-state index contributed by atoms with van der Waals surface area (Å²) in [5.74, 6) is 0. The summed E-state index contributed by atoms with van der Waals surface area (Å²) in [5.41, 5.74) is 0. The lowest BCUT2D eigenvalue weighted by Gasteiger charge is -1.90. The van der Waals surface area contributed by atoms with Crippen LogP contribution in [0.2, 0.25) is 0 Å². The predicted octanol–water partition coefficient (Wildman–Crippen LogP) is -1.53. The van der Waals surface area contributed by atoms with Gasteiger partial charge < -0.3 is 10.2 Å². The van der Waals surface area contributed by atoms with E-state index in [1.54, 1.807) is 0 Å². The standard InChI is InChI=1S/C2H5BO2/c3-2(5)1-4/h2,4-5H,1H2/t2-/m0/s1. The van der Waals surface area contributed by atoms with Crippen LogP contribution in [-0.2, 0) is 0 Å². The second-order valence-corrected chi connectivity index (χ2v) is 0.750. The highest BCUT2D eigenvalue weighted by atomic mass is 16.3. The molecule has 5 heavy (non-hydrogen) atoms. The molecule has 0 aromatic carbocycles. The van der Waals surface area contributed by atoms with Crippen LogP contribution in [-0.4, -0.2) is 30.7 Å². The Morgan fingerprint density at radius 1 is 1.80 bits per heavy atom. The van der Waals surface area contributed by atoms with Crippen LogP contribution in [0.5, 0.6) is 0 Å². The Kier molecular flexibility index (Phi) is 2.23. The van der Waals surface area contributed by atoms with Crippen LogP contribution in [0.25, 0.3) is 0 Å². The first kappa shape index (κ1) is 4.98. The lowest BCUT2D eigenvalue weighted by molar-refractivity contribution is 0.155. The van der Waals surface area contributed by atoms with Crippen LogP contribution in [0, 0.1) is 0 Å². The summed E-state index contributed by atoms with van der Waals surface area (Å²) in [6.07, 6.45) is 0. The van der Waals surface area contributed by atoms with E-state index in [2.05, 4.69) is 7.85 Å². The van der Waals surface area contributed by atoms with Gasteiger partial charge in [-0.3, -0.25) is 0 Å². The summed E-state index contributed by atoms with van der Waals surface area (Å²) in [5, 5.41) is 15.7. The molecular weight excluding hydrogens is 66.8 g/mol. The molecule has 0 saturated carbocycles. The summed E-state index contributed by atoms with van der Waals surface area (Å²) < 4.78 is 0. The smallest absolute Gasteiger partial charge is 0.111 e. The Labute approximate surface area is 31.8 Å². The van der Waals surface area contributed by atoms with E-state index in [1.165, 1.54) is 0 Å². The maximum atomic E-state index is 7.89. The number of aliphatic hydroxyl groups is 2. The number of hydrogen-bond donors (Lipinski definition) is 2. The molecule has 0 aliphatic carbocycles. The molecule has 0 aliphatic rings. The largest absolute Gasteiger partial charge is 0.401 e. The Balaban J connectivity index is 2.54. The molecule has 2 nitrogen and oxygen atoms in total. The third-order valence-electron chi connectivity index (χ3n) is 0.187. The van der Waals surface area contributed by atoms with Gasteiger partial charge in [-0.05, 0) is 0 Å². The average Bonchev–Trinajstić information content (AvgIpc) is 1.38. The topological polar surface area (TPSA) is 40.5 Å². The first-order valence-corrected chi connectivity index (χ1v) is 1.32. The minimum atomic E-state index is -1.06. The molecule has 0 heterocycles. The Morgan fingerprint density at radius 3 is 2.00 bits per heavy atom. The third-order valence-corrected chi connectivity index (χ3v) is 0.187. The zero-order chi connectivity index (χ0) is 4.28. The van der Waals surface area contributed by atoms with Gasteiger partial charge in [0.1, 0.15) is 7.85 Å². The van der Waals surface area contributed by atoms with Crippen molar-refractivity contribution >= 4 is 7.85 Å². The van der Waals surface area contributed by atoms with Crippen LogP contribution < -0.4 is 0 Å². The second kappa shape index (κ2) is 2.24. The predicted molar refractivity (Wildman–Crippen MR) is 18.8 cm³/mol. The Morgan fingerprint density at radius 2 is 2.00 bits per heavy atom. The fraction of sp³-hybridized carbons (Fsp3) is 1.00. The normalized spacial score (nSPS) is 14.8. The summed E-state index contributed by atoms with van der Waals surface area (Å²) in [7, 11) is 4.60. The lowest BCUT2D eigenvalue weighted by Crippen LogP contribution is -2.09. The van der Waals surface area contributed by atoms with Crippen molar-refractivity contribution in [2.24, 2.45) is 0 Å². The molecule has 0 aliphatic heterocycles.